The normalized spacial score (nSPS) is 48.0. The molecule has 1 N–H and O–H groups in total. The van der Waals surface area contributed by atoms with E-state index in [1.54, 1.807) is 13.8 Å². The van der Waals surface area contributed by atoms with Gasteiger partial charge >= 0.3 is 0 Å². The lowest BCUT2D eigenvalue weighted by atomic mass is 10.1. The molecule has 0 bridgehead atoms. The van der Waals surface area contributed by atoms with E-state index in [-0.39, 0.29) is 0 Å². The van der Waals surface area contributed by atoms with Crippen LogP contribution in [-0.4, -0.2) is 42.2 Å². The number of alkyl halides is 1. The Morgan fingerprint density at radius 1 is 1.31 bits per heavy atom. The van der Waals surface area contributed by atoms with Crippen molar-refractivity contribution < 1.29 is 23.7 Å². The molecule has 13 heavy (non-hydrogen) atoms. The summed E-state index contributed by atoms with van der Waals surface area (Å²) in [6.07, 6.45) is -2.83. The van der Waals surface area contributed by atoms with Gasteiger partial charge in [0, 0.05) is 0 Å². The summed E-state index contributed by atoms with van der Waals surface area (Å²) < 4.78 is 28.0. The number of ether oxygens (including phenoxy) is 3. The highest BCUT2D eigenvalue weighted by molar-refractivity contribution is 4.94. The maximum absolute atomic E-state index is 12.4. The third-order valence-corrected chi connectivity index (χ3v) is 2.28. The van der Waals surface area contributed by atoms with Crippen LogP contribution in [0.4, 0.5) is 4.39 Å². The van der Waals surface area contributed by atoms with Crippen LogP contribution in [-0.2, 0) is 14.2 Å². The molecule has 4 nitrogen and oxygen atoms in total. The summed E-state index contributed by atoms with van der Waals surface area (Å²) in [5.41, 5.74) is 0. The minimum atomic E-state index is -1.08. The van der Waals surface area contributed by atoms with Crippen LogP contribution in [0.5, 0.6) is 0 Å². The molecule has 2 heterocycles. The van der Waals surface area contributed by atoms with Crippen molar-refractivity contribution in [2.75, 3.05) is 6.67 Å². The molecule has 5 heteroatoms. The fraction of sp³-hybridized carbons (Fsp3) is 1.00. The molecule has 0 saturated carbocycles. The lowest BCUT2D eigenvalue weighted by molar-refractivity contribution is -0.221. The number of aliphatic hydroxyl groups excluding tert-OH is 1. The molecule has 0 spiro atoms. The SMILES string of the molecule is CC1(C)OC2C(O)OC(CF)C2O1. The molecule has 0 aromatic carbocycles. The van der Waals surface area contributed by atoms with Crippen molar-refractivity contribution in [3.05, 3.63) is 0 Å². The van der Waals surface area contributed by atoms with Crippen LogP contribution in [0, 0.1) is 0 Å². The van der Waals surface area contributed by atoms with Gasteiger partial charge in [0.15, 0.2) is 12.1 Å². The average molecular weight is 192 g/mol. The Kier molecular flexibility index (Phi) is 2.07. The highest BCUT2D eigenvalue weighted by Gasteiger charge is 2.54. The van der Waals surface area contributed by atoms with E-state index in [2.05, 4.69) is 0 Å². The quantitative estimate of drug-likeness (QED) is 0.644. The van der Waals surface area contributed by atoms with Gasteiger partial charge < -0.3 is 19.3 Å². The van der Waals surface area contributed by atoms with Crippen molar-refractivity contribution in [2.45, 2.75) is 44.2 Å². The van der Waals surface area contributed by atoms with Crippen molar-refractivity contribution in [3.8, 4) is 0 Å². The molecule has 2 aliphatic rings. The summed E-state index contributed by atoms with van der Waals surface area (Å²) >= 11 is 0. The summed E-state index contributed by atoms with van der Waals surface area (Å²) in [6, 6.07) is 0. The van der Waals surface area contributed by atoms with E-state index < -0.39 is 37.1 Å². The highest BCUT2D eigenvalue weighted by atomic mass is 19.1. The predicted molar refractivity (Wildman–Crippen MR) is 40.7 cm³/mol. The molecule has 0 amide bonds. The summed E-state index contributed by atoms with van der Waals surface area (Å²) in [5, 5.41) is 9.34. The van der Waals surface area contributed by atoms with E-state index in [9.17, 15) is 9.50 Å². The standard InChI is InChI=1S/C8H13FO4/c1-8(2)12-5-4(3-9)11-7(10)6(5)13-8/h4-7,10H,3H2,1-2H3. The van der Waals surface area contributed by atoms with Crippen molar-refractivity contribution in [1.29, 1.82) is 0 Å². The number of fused-ring (bicyclic) bond motifs is 1. The third-order valence-electron chi connectivity index (χ3n) is 2.28. The van der Waals surface area contributed by atoms with E-state index in [4.69, 9.17) is 14.2 Å². The fourth-order valence-corrected chi connectivity index (χ4v) is 1.78. The van der Waals surface area contributed by atoms with Crippen LogP contribution in [0.25, 0.3) is 0 Å². The van der Waals surface area contributed by atoms with Gasteiger partial charge in [-0.15, -0.1) is 0 Å². The van der Waals surface area contributed by atoms with Gasteiger partial charge in [0.25, 0.3) is 0 Å². The first kappa shape index (κ1) is 9.33. The number of rotatable bonds is 1. The summed E-state index contributed by atoms with van der Waals surface area (Å²) in [4.78, 5) is 0. The largest absolute Gasteiger partial charge is 0.366 e. The first-order valence-corrected chi connectivity index (χ1v) is 4.28. The molecule has 0 aliphatic carbocycles. The number of aliphatic hydroxyl groups is 1. The Bertz CT molecular complexity index is 208. The van der Waals surface area contributed by atoms with E-state index in [0.29, 0.717) is 0 Å². The van der Waals surface area contributed by atoms with Crippen LogP contribution >= 0.6 is 0 Å². The van der Waals surface area contributed by atoms with Gasteiger partial charge in [0.05, 0.1) is 0 Å². The maximum atomic E-state index is 12.4. The van der Waals surface area contributed by atoms with Crippen LogP contribution in [0.3, 0.4) is 0 Å². The zero-order valence-electron chi connectivity index (χ0n) is 7.57. The molecule has 2 rings (SSSR count). The Balaban J connectivity index is 2.12. The van der Waals surface area contributed by atoms with Gasteiger partial charge in [-0.2, -0.15) is 0 Å². The molecule has 2 saturated heterocycles. The smallest absolute Gasteiger partial charge is 0.184 e. The fourth-order valence-electron chi connectivity index (χ4n) is 1.78. The zero-order chi connectivity index (χ0) is 9.64. The summed E-state index contributed by atoms with van der Waals surface area (Å²) in [5.74, 6) is -0.756. The van der Waals surface area contributed by atoms with Gasteiger partial charge in [-0.3, -0.25) is 0 Å². The molecular formula is C8H13FO4. The molecule has 0 radical (unpaired) electrons. The Hall–Kier alpha value is -0.230. The van der Waals surface area contributed by atoms with Crippen molar-refractivity contribution in [1.82, 2.24) is 0 Å². The summed E-state index contributed by atoms with van der Waals surface area (Å²) in [7, 11) is 0. The number of hydrogen-bond acceptors (Lipinski definition) is 4. The second kappa shape index (κ2) is 2.88. The van der Waals surface area contributed by atoms with Gasteiger partial charge in [-0.25, -0.2) is 4.39 Å². The summed E-state index contributed by atoms with van der Waals surface area (Å²) in [6.45, 7) is 2.79. The lowest BCUT2D eigenvalue weighted by Crippen LogP contribution is -2.30. The zero-order valence-corrected chi connectivity index (χ0v) is 7.57. The lowest BCUT2D eigenvalue weighted by Gasteiger charge is -2.21. The predicted octanol–water partition coefficient (Wildman–Crippen LogP) is 0.193. The Morgan fingerprint density at radius 3 is 2.54 bits per heavy atom. The minimum Gasteiger partial charge on any atom is -0.366 e. The van der Waals surface area contributed by atoms with Crippen molar-refractivity contribution in [2.24, 2.45) is 0 Å². The molecule has 2 aliphatic heterocycles. The molecule has 0 aromatic heterocycles. The van der Waals surface area contributed by atoms with E-state index in [1.165, 1.54) is 0 Å². The Labute approximate surface area is 75.6 Å². The van der Waals surface area contributed by atoms with Gasteiger partial charge in [-0.05, 0) is 13.8 Å². The molecule has 0 aromatic rings. The Morgan fingerprint density at radius 2 is 1.92 bits per heavy atom. The second-order valence-electron chi connectivity index (χ2n) is 3.78. The maximum Gasteiger partial charge on any atom is 0.184 e. The minimum absolute atomic E-state index is 0.491. The van der Waals surface area contributed by atoms with Crippen LogP contribution in [0.1, 0.15) is 13.8 Å². The molecule has 76 valence electrons. The van der Waals surface area contributed by atoms with Crippen LogP contribution in [0.15, 0.2) is 0 Å². The van der Waals surface area contributed by atoms with E-state index in [0.717, 1.165) is 0 Å². The highest BCUT2D eigenvalue weighted by Crippen LogP contribution is 2.37. The number of halogens is 1. The molecular weight excluding hydrogens is 179 g/mol. The van der Waals surface area contributed by atoms with E-state index in [1.807, 2.05) is 0 Å². The van der Waals surface area contributed by atoms with Gasteiger partial charge in [0.1, 0.15) is 25.0 Å². The topological polar surface area (TPSA) is 47.9 Å². The number of hydrogen-bond donors (Lipinski definition) is 1. The average Bonchev–Trinajstić information content (AvgIpc) is 2.47. The van der Waals surface area contributed by atoms with Crippen LogP contribution < -0.4 is 0 Å². The first-order chi connectivity index (χ1) is 6.03. The van der Waals surface area contributed by atoms with Crippen molar-refractivity contribution >= 4 is 0 Å². The van der Waals surface area contributed by atoms with E-state index >= 15 is 0 Å². The first-order valence-electron chi connectivity index (χ1n) is 4.28. The van der Waals surface area contributed by atoms with Crippen molar-refractivity contribution in [3.63, 3.8) is 0 Å². The second-order valence-corrected chi connectivity index (χ2v) is 3.78. The molecule has 2 fully saturated rings. The van der Waals surface area contributed by atoms with Crippen LogP contribution in [0.2, 0.25) is 0 Å². The third kappa shape index (κ3) is 1.46. The molecule has 4 atom stereocenters. The van der Waals surface area contributed by atoms with Gasteiger partial charge in [-0.1, -0.05) is 0 Å². The molecule has 4 unspecified atom stereocenters. The van der Waals surface area contributed by atoms with Gasteiger partial charge in [0.2, 0.25) is 0 Å². The monoisotopic (exact) mass is 192 g/mol.